The molecule has 0 unspecified atom stereocenters. The van der Waals surface area contributed by atoms with E-state index in [1.54, 1.807) is 6.26 Å². The van der Waals surface area contributed by atoms with Gasteiger partial charge in [-0.25, -0.2) is 4.98 Å². The van der Waals surface area contributed by atoms with E-state index in [0.29, 0.717) is 6.04 Å². The average molecular weight is 257 g/mol. The lowest BCUT2D eigenvalue weighted by Gasteiger charge is -2.23. The Balaban J connectivity index is 1.85. The molecule has 1 fully saturated rings. The number of rotatable bonds is 5. The Morgan fingerprint density at radius 1 is 1.47 bits per heavy atom. The van der Waals surface area contributed by atoms with Crippen molar-refractivity contribution in [1.82, 2.24) is 4.98 Å². The monoisotopic (exact) mass is 257 g/mol. The van der Waals surface area contributed by atoms with Crippen LogP contribution >= 0.6 is 0 Å². The summed E-state index contributed by atoms with van der Waals surface area (Å²) in [6.45, 7) is 2.76. The summed E-state index contributed by atoms with van der Waals surface area (Å²) < 4.78 is 5.45. The SMILES string of the molecule is C[C@H](N)c1ccnc(N(Cc2ccco2)C2CC2)c1. The number of nitrogens with two attached hydrogens (primary N) is 1. The van der Waals surface area contributed by atoms with Gasteiger partial charge in [-0.1, -0.05) is 0 Å². The van der Waals surface area contributed by atoms with Crippen molar-refractivity contribution in [2.75, 3.05) is 4.90 Å². The van der Waals surface area contributed by atoms with Crippen molar-refractivity contribution in [3.05, 3.63) is 48.0 Å². The molecule has 0 amide bonds. The topological polar surface area (TPSA) is 55.3 Å². The third-order valence-corrected chi connectivity index (χ3v) is 3.48. The summed E-state index contributed by atoms with van der Waals surface area (Å²) >= 11 is 0. The molecule has 0 bridgehead atoms. The van der Waals surface area contributed by atoms with Gasteiger partial charge in [-0.2, -0.15) is 0 Å². The van der Waals surface area contributed by atoms with E-state index in [1.807, 2.05) is 31.3 Å². The van der Waals surface area contributed by atoms with Crippen molar-refractivity contribution >= 4 is 5.82 Å². The van der Waals surface area contributed by atoms with Gasteiger partial charge < -0.3 is 15.1 Å². The smallest absolute Gasteiger partial charge is 0.129 e. The molecule has 0 radical (unpaired) electrons. The molecule has 4 nitrogen and oxygen atoms in total. The average Bonchev–Trinajstić information content (AvgIpc) is 3.13. The summed E-state index contributed by atoms with van der Waals surface area (Å²) in [6.07, 6.45) is 6.01. The minimum Gasteiger partial charge on any atom is -0.467 e. The summed E-state index contributed by atoms with van der Waals surface area (Å²) in [4.78, 5) is 6.80. The first-order valence-electron chi connectivity index (χ1n) is 6.74. The van der Waals surface area contributed by atoms with Crippen LogP contribution in [0.3, 0.4) is 0 Å². The van der Waals surface area contributed by atoms with Gasteiger partial charge in [-0.3, -0.25) is 0 Å². The molecule has 1 aliphatic carbocycles. The first kappa shape index (κ1) is 12.2. The van der Waals surface area contributed by atoms with Gasteiger partial charge in [0.05, 0.1) is 12.8 Å². The normalized spacial score (nSPS) is 16.3. The van der Waals surface area contributed by atoms with E-state index in [4.69, 9.17) is 10.2 Å². The number of furan rings is 1. The van der Waals surface area contributed by atoms with Gasteiger partial charge in [0.1, 0.15) is 11.6 Å². The lowest BCUT2D eigenvalue weighted by Crippen LogP contribution is -2.26. The maximum atomic E-state index is 5.95. The highest BCUT2D eigenvalue weighted by Gasteiger charge is 2.30. The molecule has 1 aliphatic rings. The van der Waals surface area contributed by atoms with E-state index >= 15 is 0 Å². The van der Waals surface area contributed by atoms with Gasteiger partial charge in [0.15, 0.2) is 0 Å². The third-order valence-electron chi connectivity index (χ3n) is 3.48. The number of pyridine rings is 1. The maximum Gasteiger partial charge on any atom is 0.129 e. The van der Waals surface area contributed by atoms with Crippen LogP contribution in [0.5, 0.6) is 0 Å². The highest BCUT2D eigenvalue weighted by molar-refractivity contribution is 5.44. The quantitative estimate of drug-likeness (QED) is 0.894. The second-order valence-corrected chi connectivity index (χ2v) is 5.17. The molecule has 19 heavy (non-hydrogen) atoms. The molecule has 1 atom stereocenters. The van der Waals surface area contributed by atoms with Crippen molar-refractivity contribution in [2.24, 2.45) is 5.73 Å². The first-order chi connectivity index (χ1) is 9.24. The van der Waals surface area contributed by atoms with Crippen LogP contribution in [0.25, 0.3) is 0 Å². The molecule has 2 heterocycles. The molecule has 3 rings (SSSR count). The molecule has 2 aromatic rings. The van der Waals surface area contributed by atoms with Crippen molar-refractivity contribution in [3.63, 3.8) is 0 Å². The second kappa shape index (κ2) is 5.05. The Labute approximate surface area is 113 Å². The van der Waals surface area contributed by atoms with Crippen molar-refractivity contribution < 1.29 is 4.42 Å². The Kier molecular flexibility index (Phi) is 3.25. The van der Waals surface area contributed by atoms with Crippen molar-refractivity contribution in [3.8, 4) is 0 Å². The van der Waals surface area contributed by atoms with Gasteiger partial charge >= 0.3 is 0 Å². The fourth-order valence-corrected chi connectivity index (χ4v) is 2.23. The maximum absolute atomic E-state index is 5.95. The molecule has 0 saturated heterocycles. The van der Waals surface area contributed by atoms with E-state index in [0.717, 1.165) is 23.7 Å². The first-order valence-corrected chi connectivity index (χ1v) is 6.74. The van der Waals surface area contributed by atoms with Crippen LogP contribution in [0.2, 0.25) is 0 Å². The van der Waals surface area contributed by atoms with Crippen LogP contribution in [0.15, 0.2) is 41.1 Å². The summed E-state index contributed by atoms with van der Waals surface area (Å²) in [6, 6.07) is 8.61. The fourth-order valence-electron chi connectivity index (χ4n) is 2.23. The van der Waals surface area contributed by atoms with E-state index < -0.39 is 0 Å². The van der Waals surface area contributed by atoms with Gasteiger partial charge in [-0.05, 0) is 49.6 Å². The predicted octanol–water partition coefficient (Wildman–Crippen LogP) is 2.86. The largest absolute Gasteiger partial charge is 0.467 e. The molecular weight excluding hydrogens is 238 g/mol. The van der Waals surface area contributed by atoms with Crippen LogP contribution in [0.4, 0.5) is 5.82 Å². The van der Waals surface area contributed by atoms with Crippen molar-refractivity contribution in [2.45, 2.75) is 38.4 Å². The number of aromatic nitrogens is 1. The third kappa shape index (κ3) is 2.79. The van der Waals surface area contributed by atoms with Gasteiger partial charge in [0.25, 0.3) is 0 Å². The predicted molar refractivity (Wildman–Crippen MR) is 74.8 cm³/mol. The Bertz CT molecular complexity index is 532. The number of hydrogen-bond acceptors (Lipinski definition) is 4. The molecule has 0 spiro atoms. The summed E-state index contributed by atoms with van der Waals surface area (Å²) in [5.74, 6) is 1.97. The Morgan fingerprint density at radius 3 is 2.95 bits per heavy atom. The molecule has 2 aromatic heterocycles. The van der Waals surface area contributed by atoms with Crippen LogP contribution < -0.4 is 10.6 Å². The molecule has 4 heteroatoms. The zero-order valence-corrected chi connectivity index (χ0v) is 11.1. The molecule has 0 aromatic carbocycles. The van der Waals surface area contributed by atoms with E-state index in [1.165, 1.54) is 12.8 Å². The molecule has 0 aliphatic heterocycles. The summed E-state index contributed by atoms with van der Waals surface area (Å²) in [5, 5.41) is 0. The summed E-state index contributed by atoms with van der Waals surface area (Å²) in [7, 11) is 0. The number of anilines is 1. The lowest BCUT2D eigenvalue weighted by atomic mass is 10.1. The van der Waals surface area contributed by atoms with Gasteiger partial charge in [0.2, 0.25) is 0 Å². The van der Waals surface area contributed by atoms with Crippen LogP contribution in [-0.4, -0.2) is 11.0 Å². The number of nitrogens with zero attached hydrogens (tertiary/aromatic N) is 2. The van der Waals surface area contributed by atoms with Crippen LogP contribution in [0.1, 0.15) is 37.1 Å². The highest BCUT2D eigenvalue weighted by atomic mass is 16.3. The highest BCUT2D eigenvalue weighted by Crippen LogP contribution is 2.32. The van der Waals surface area contributed by atoms with Crippen molar-refractivity contribution in [1.29, 1.82) is 0 Å². The van der Waals surface area contributed by atoms with E-state index in [9.17, 15) is 0 Å². The molecular formula is C15H19N3O. The molecule has 2 N–H and O–H groups in total. The van der Waals surface area contributed by atoms with Gasteiger partial charge in [-0.15, -0.1) is 0 Å². The fraction of sp³-hybridized carbons (Fsp3) is 0.400. The minimum absolute atomic E-state index is 0.0337. The Morgan fingerprint density at radius 2 is 2.32 bits per heavy atom. The van der Waals surface area contributed by atoms with Crippen LogP contribution in [-0.2, 0) is 6.54 Å². The minimum atomic E-state index is 0.0337. The van der Waals surface area contributed by atoms with Gasteiger partial charge in [0, 0.05) is 18.3 Å². The molecule has 100 valence electrons. The van der Waals surface area contributed by atoms with E-state index in [-0.39, 0.29) is 6.04 Å². The lowest BCUT2D eigenvalue weighted by molar-refractivity contribution is 0.500. The number of hydrogen-bond donors (Lipinski definition) is 1. The zero-order chi connectivity index (χ0) is 13.2. The second-order valence-electron chi connectivity index (χ2n) is 5.17. The van der Waals surface area contributed by atoms with Crippen LogP contribution in [0, 0.1) is 0 Å². The standard InChI is InChI=1S/C15H19N3O/c1-11(16)12-6-7-17-15(9-12)18(13-4-5-13)10-14-3-2-8-19-14/h2-3,6-9,11,13H,4-5,10,16H2,1H3/t11-/m0/s1. The zero-order valence-electron chi connectivity index (χ0n) is 11.1. The summed E-state index contributed by atoms with van der Waals surface area (Å²) in [5.41, 5.74) is 7.07. The Hall–Kier alpha value is -1.81. The van der Waals surface area contributed by atoms with E-state index in [2.05, 4.69) is 16.0 Å². The molecule has 1 saturated carbocycles.